The fourth-order valence-electron chi connectivity index (χ4n) is 1.54. The summed E-state index contributed by atoms with van der Waals surface area (Å²) in [6.07, 6.45) is -4.24. The zero-order chi connectivity index (χ0) is 14.3. The summed E-state index contributed by atoms with van der Waals surface area (Å²) < 4.78 is 37.1. The molecule has 0 bridgehead atoms. The number of rotatable bonds is 7. The minimum absolute atomic E-state index is 0.0226. The van der Waals surface area contributed by atoms with Crippen molar-refractivity contribution in [3.63, 3.8) is 0 Å². The standard InChI is InChI=1S/C12H23F3N2O/c1-9(2)7-17(8-12(13,14)15)11(18)5-6-16-10(3)4/h9-10,16H,5-8H2,1-4H3. The van der Waals surface area contributed by atoms with Crippen molar-refractivity contribution in [2.45, 2.75) is 46.3 Å². The Labute approximate surface area is 107 Å². The molecule has 0 atom stereocenters. The molecule has 1 N–H and O–H groups in total. The van der Waals surface area contributed by atoms with Crippen molar-refractivity contribution in [2.75, 3.05) is 19.6 Å². The maximum Gasteiger partial charge on any atom is 0.406 e. The third-order valence-corrected chi connectivity index (χ3v) is 2.20. The first-order valence-corrected chi connectivity index (χ1v) is 6.19. The quantitative estimate of drug-likeness (QED) is 0.769. The minimum atomic E-state index is -4.34. The lowest BCUT2D eigenvalue weighted by molar-refractivity contribution is -0.162. The van der Waals surface area contributed by atoms with Gasteiger partial charge in [-0.15, -0.1) is 0 Å². The molecule has 18 heavy (non-hydrogen) atoms. The molecule has 0 aliphatic heterocycles. The monoisotopic (exact) mass is 268 g/mol. The fraction of sp³-hybridized carbons (Fsp3) is 0.917. The summed E-state index contributed by atoms with van der Waals surface area (Å²) in [7, 11) is 0. The molecule has 0 aliphatic carbocycles. The van der Waals surface area contributed by atoms with Crippen LogP contribution in [0.5, 0.6) is 0 Å². The van der Waals surface area contributed by atoms with Crippen LogP contribution in [0.15, 0.2) is 0 Å². The van der Waals surface area contributed by atoms with Gasteiger partial charge >= 0.3 is 6.18 Å². The van der Waals surface area contributed by atoms with Gasteiger partial charge in [0, 0.05) is 25.6 Å². The predicted octanol–water partition coefficient (Wildman–Crippen LogP) is 2.42. The Balaban J connectivity index is 4.32. The number of nitrogens with zero attached hydrogens (tertiary/aromatic N) is 1. The lowest BCUT2D eigenvalue weighted by Gasteiger charge is -2.26. The van der Waals surface area contributed by atoms with E-state index in [9.17, 15) is 18.0 Å². The summed E-state index contributed by atoms with van der Waals surface area (Å²) in [4.78, 5) is 12.6. The topological polar surface area (TPSA) is 32.3 Å². The van der Waals surface area contributed by atoms with Crippen molar-refractivity contribution in [1.82, 2.24) is 10.2 Å². The number of carbonyl (C=O) groups excluding carboxylic acids is 1. The summed E-state index contributed by atoms with van der Waals surface area (Å²) in [6, 6.07) is 0.221. The fourth-order valence-corrected chi connectivity index (χ4v) is 1.54. The number of hydrogen-bond acceptors (Lipinski definition) is 2. The summed E-state index contributed by atoms with van der Waals surface area (Å²) in [5.41, 5.74) is 0. The number of carbonyl (C=O) groups is 1. The molecule has 0 unspecified atom stereocenters. The van der Waals surface area contributed by atoms with Crippen LogP contribution in [0.1, 0.15) is 34.1 Å². The van der Waals surface area contributed by atoms with E-state index in [-0.39, 0.29) is 24.9 Å². The Hall–Kier alpha value is -0.780. The first kappa shape index (κ1) is 17.2. The Morgan fingerprint density at radius 3 is 2.17 bits per heavy atom. The first-order valence-electron chi connectivity index (χ1n) is 6.19. The maximum atomic E-state index is 12.4. The zero-order valence-corrected chi connectivity index (χ0v) is 11.5. The number of hydrogen-bond donors (Lipinski definition) is 1. The molecule has 0 spiro atoms. The number of nitrogens with one attached hydrogen (secondary N) is 1. The number of halogens is 3. The molecule has 0 radical (unpaired) electrons. The highest BCUT2D eigenvalue weighted by Gasteiger charge is 2.32. The third kappa shape index (κ3) is 9.27. The van der Waals surface area contributed by atoms with Crippen LogP contribution in [0, 0.1) is 5.92 Å². The summed E-state index contributed by atoms with van der Waals surface area (Å²) >= 11 is 0. The van der Waals surface area contributed by atoms with Crippen LogP contribution < -0.4 is 5.32 Å². The Kier molecular flexibility index (Phi) is 7.28. The second-order valence-electron chi connectivity index (χ2n) is 5.14. The lowest BCUT2D eigenvalue weighted by atomic mass is 10.2. The molecule has 0 aromatic heterocycles. The number of alkyl halides is 3. The molecule has 0 rings (SSSR count). The van der Waals surface area contributed by atoms with Crippen molar-refractivity contribution < 1.29 is 18.0 Å². The smallest absolute Gasteiger partial charge is 0.333 e. The van der Waals surface area contributed by atoms with E-state index in [1.807, 2.05) is 13.8 Å². The average molecular weight is 268 g/mol. The molecule has 0 aliphatic rings. The Morgan fingerprint density at radius 2 is 1.78 bits per heavy atom. The first-order chi connectivity index (χ1) is 8.11. The van der Waals surface area contributed by atoms with Gasteiger partial charge in [-0.2, -0.15) is 13.2 Å². The van der Waals surface area contributed by atoms with E-state index in [0.29, 0.717) is 6.54 Å². The van der Waals surface area contributed by atoms with E-state index in [1.165, 1.54) is 0 Å². The van der Waals surface area contributed by atoms with Gasteiger partial charge < -0.3 is 10.2 Å². The van der Waals surface area contributed by atoms with Gasteiger partial charge in [-0.1, -0.05) is 27.7 Å². The van der Waals surface area contributed by atoms with Crippen molar-refractivity contribution in [3.8, 4) is 0 Å². The van der Waals surface area contributed by atoms with Crippen LogP contribution in [0.25, 0.3) is 0 Å². The van der Waals surface area contributed by atoms with Crippen LogP contribution in [0.4, 0.5) is 13.2 Å². The van der Waals surface area contributed by atoms with Crippen LogP contribution in [-0.4, -0.2) is 42.7 Å². The van der Waals surface area contributed by atoms with Gasteiger partial charge in [0.25, 0.3) is 0 Å². The highest BCUT2D eigenvalue weighted by Crippen LogP contribution is 2.17. The minimum Gasteiger partial charge on any atom is -0.333 e. The average Bonchev–Trinajstić information content (AvgIpc) is 2.12. The largest absolute Gasteiger partial charge is 0.406 e. The molecule has 0 saturated carbocycles. The van der Waals surface area contributed by atoms with Crippen LogP contribution in [-0.2, 0) is 4.79 Å². The third-order valence-electron chi connectivity index (χ3n) is 2.20. The van der Waals surface area contributed by atoms with Crippen LogP contribution in [0.3, 0.4) is 0 Å². The SMILES string of the molecule is CC(C)CN(CC(F)(F)F)C(=O)CCNC(C)C. The van der Waals surface area contributed by atoms with E-state index in [1.54, 1.807) is 13.8 Å². The van der Waals surface area contributed by atoms with E-state index in [2.05, 4.69) is 5.32 Å². The van der Waals surface area contributed by atoms with Gasteiger partial charge in [-0.05, 0) is 5.92 Å². The molecule has 108 valence electrons. The molecular weight excluding hydrogens is 245 g/mol. The Morgan fingerprint density at radius 1 is 1.22 bits per heavy atom. The predicted molar refractivity (Wildman–Crippen MR) is 65.2 cm³/mol. The van der Waals surface area contributed by atoms with Crippen molar-refractivity contribution in [3.05, 3.63) is 0 Å². The van der Waals surface area contributed by atoms with Gasteiger partial charge in [0.15, 0.2) is 0 Å². The molecule has 3 nitrogen and oxygen atoms in total. The summed E-state index contributed by atoms with van der Waals surface area (Å²) in [6.45, 7) is 6.82. The van der Waals surface area contributed by atoms with E-state index in [0.717, 1.165) is 4.90 Å². The van der Waals surface area contributed by atoms with Gasteiger partial charge in [0.1, 0.15) is 6.54 Å². The summed E-state index contributed by atoms with van der Waals surface area (Å²) in [5, 5.41) is 3.02. The second-order valence-corrected chi connectivity index (χ2v) is 5.14. The Bertz CT molecular complexity index is 252. The zero-order valence-electron chi connectivity index (χ0n) is 11.5. The molecule has 0 heterocycles. The highest BCUT2D eigenvalue weighted by molar-refractivity contribution is 5.76. The second kappa shape index (κ2) is 7.61. The van der Waals surface area contributed by atoms with E-state index in [4.69, 9.17) is 0 Å². The number of amides is 1. The van der Waals surface area contributed by atoms with Crippen LogP contribution in [0.2, 0.25) is 0 Å². The molecule has 0 aromatic carbocycles. The van der Waals surface area contributed by atoms with E-state index < -0.39 is 18.6 Å². The molecule has 0 saturated heterocycles. The normalized spacial score (nSPS) is 12.3. The van der Waals surface area contributed by atoms with Gasteiger partial charge in [-0.25, -0.2) is 0 Å². The molecule has 0 aromatic rings. The molecule has 0 fully saturated rings. The van der Waals surface area contributed by atoms with Crippen LogP contribution >= 0.6 is 0 Å². The molecule has 1 amide bonds. The van der Waals surface area contributed by atoms with Crippen molar-refractivity contribution in [2.24, 2.45) is 5.92 Å². The molecule has 6 heteroatoms. The van der Waals surface area contributed by atoms with E-state index >= 15 is 0 Å². The van der Waals surface area contributed by atoms with Crippen molar-refractivity contribution >= 4 is 5.91 Å². The van der Waals surface area contributed by atoms with Gasteiger partial charge in [-0.3, -0.25) is 4.79 Å². The molecular formula is C12H23F3N2O. The lowest BCUT2D eigenvalue weighted by Crippen LogP contribution is -2.42. The highest BCUT2D eigenvalue weighted by atomic mass is 19.4. The van der Waals surface area contributed by atoms with Gasteiger partial charge in [0.05, 0.1) is 0 Å². The van der Waals surface area contributed by atoms with Crippen molar-refractivity contribution in [1.29, 1.82) is 0 Å². The van der Waals surface area contributed by atoms with Gasteiger partial charge in [0.2, 0.25) is 5.91 Å². The summed E-state index contributed by atoms with van der Waals surface area (Å²) in [5.74, 6) is -0.427. The maximum absolute atomic E-state index is 12.4.